The monoisotopic (exact) mass is 496 g/mol. The molecule has 9 N–H and O–H groups in total. The highest BCUT2D eigenvalue weighted by Gasteiger charge is 2.45. The third-order valence-corrected chi connectivity index (χ3v) is 5.37. The van der Waals surface area contributed by atoms with Crippen molar-refractivity contribution in [1.82, 2.24) is 0 Å². The maximum Gasteiger partial charge on any atom is 0.232 e. The molecule has 3 aromatic rings. The zero-order valence-corrected chi connectivity index (χ0v) is 17.5. The molecule has 0 bridgehead atoms. The van der Waals surface area contributed by atoms with Gasteiger partial charge in [-0.25, -0.2) is 0 Å². The third kappa shape index (κ3) is 4.25. The van der Waals surface area contributed by atoms with E-state index < -0.39 is 82.6 Å². The van der Waals surface area contributed by atoms with E-state index in [9.17, 15) is 50.8 Å². The highest BCUT2D eigenvalue weighted by atomic mass is 17.2. The number of aromatic hydroxyl groups is 5. The van der Waals surface area contributed by atoms with Crippen molar-refractivity contribution in [3.63, 3.8) is 0 Å². The molecule has 1 aromatic heterocycles. The zero-order chi connectivity index (χ0) is 25.6. The Kier molecular flexibility index (Phi) is 6.33. The van der Waals surface area contributed by atoms with Gasteiger partial charge in [0.1, 0.15) is 41.1 Å². The largest absolute Gasteiger partial charge is 0.504 e. The molecule has 1 aliphatic heterocycles. The second-order valence-corrected chi connectivity index (χ2v) is 7.66. The number of ether oxygens (including phenoxy) is 1. The van der Waals surface area contributed by atoms with E-state index in [0.717, 1.165) is 24.3 Å². The van der Waals surface area contributed by atoms with Crippen LogP contribution in [-0.2, 0) is 9.62 Å². The summed E-state index contributed by atoms with van der Waals surface area (Å²) < 4.78 is 10.6. The molecule has 0 radical (unpaired) electrons. The van der Waals surface area contributed by atoms with Crippen LogP contribution in [0.5, 0.6) is 34.5 Å². The molecule has 35 heavy (non-hydrogen) atoms. The number of hydrogen-bond acceptors (Lipinski definition) is 14. The van der Waals surface area contributed by atoms with Gasteiger partial charge in [-0.3, -0.25) is 4.79 Å². The first-order chi connectivity index (χ1) is 16.5. The Morgan fingerprint density at radius 1 is 0.829 bits per heavy atom. The molecule has 0 aliphatic carbocycles. The second-order valence-electron chi connectivity index (χ2n) is 7.66. The number of aliphatic hydroxyl groups excluding tert-OH is 4. The maximum absolute atomic E-state index is 12.6. The lowest BCUT2D eigenvalue weighted by Gasteiger charge is -2.38. The summed E-state index contributed by atoms with van der Waals surface area (Å²) in [5.41, 5.74) is -1.20. The normalized spacial score (nSPS) is 24.5. The Morgan fingerprint density at radius 2 is 1.49 bits per heavy atom. The Morgan fingerprint density at radius 3 is 2.11 bits per heavy atom. The van der Waals surface area contributed by atoms with E-state index in [0.29, 0.717) is 0 Å². The van der Waals surface area contributed by atoms with Gasteiger partial charge in [-0.15, -0.1) is 0 Å². The maximum atomic E-state index is 12.6. The lowest BCUT2D eigenvalue weighted by atomic mass is 9.99. The summed E-state index contributed by atoms with van der Waals surface area (Å²) >= 11 is 0. The topological polar surface area (TPSA) is 240 Å². The average Bonchev–Trinajstić information content (AvgIpc) is 2.82. The molecule has 5 atom stereocenters. The number of fused-ring (bicyclic) bond motifs is 1. The van der Waals surface area contributed by atoms with E-state index in [2.05, 4.69) is 0 Å². The van der Waals surface area contributed by atoms with E-state index >= 15 is 0 Å². The first-order valence-electron chi connectivity index (χ1n) is 9.95. The molecule has 14 nitrogen and oxygen atoms in total. The summed E-state index contributed by atoms with van der Waals surface area (Å²) in [5.74, 6) is -4.93. The van der Waals surface area contributed by atoms with Gasteiger partial charge in [0.25, 0.3) is 0 Å². The van der Waals surface area contributed by atoms with Crippen molar-refractivity contribution in [2.24, 2.45) is 0 Å². The quantitative estimate of drug-likeness (QED) is 0.118. The minimum absolute atomic E-state index is 0.0237. The van der Waals surface area contributed by atoms with Gasteiger partial charge in [0.05, 0.1) is 6.61 Å². The fourth-order valence-electron chi connectivity index (χ4n) is 3.47. The molecule has 4 rings (SSSR count). The van der Waals surface area contributed by atoms with Crippen LogP contribution in [0.1, 0.15) is 0 Å². The third-order valence-electron chi connectivity index (χ3n) is 5.37. The van der Waals surface area contributed by atoms with Gasteiger partial charge in [-0.1, -0.05) is 0 Å². The van der Waals surface area contributed by atoms with Crippen molar-refractivity contribution in [3.05, 3.63) is 34.5 Å². The highest BCUT2D eigenvalue weighted by Crippen LogP contribution is 2.43. The van der Waals surface area contributed by atoms with Crippen LogP contribution >= 0.6 is 0 Å². The lowest BCUT2D eigenvalue weighted by molar-refractivity contribution is -0.387. The minimum atomic E-state index is -1.83. The predicted octanol–water partition coefficient (Wildman–Crippen LogP) is -0.902. The fraction of sp³-hybridized carbons (Fsp3) is 0.286. The molecule has 2 aromatic carbocycles. The van der Waals surface area contributed by atoms with Crippen molar-refractivity contribution >= 4 is 11.0 Å². The molecule has 0 amide bonds. The van der Waals surface area contributed by atoms with Gasteiger partial charge in [0.2, 0.25) is 17.8 Å². The number of phenolic OH excluding ortho intramolecular Hbond substituents is 5. The second kappa shape index (κ2) is 9.10. The summed E-state index contributed by atoms with van der Waals surface area (Å²) in [4.78, 5) is 22.3. The van der Waals surface area contributed by atoms with Crippen LogP contribution in [0.3, 0.4) is 0 Å². The summed E-state index contributed by atoms with van der Waals surface area (Å²) in [6.07, 6.45) is -8.31. The minimum Gasteiger partial charge on any atom is -0.504 e. The van der Waals surface area contributed by atoms with Crippen LogP contribution in [0.4, 0.5) is 0 Å². The average molecular weight is 496 g/mol. The molecular formula is C21H20O14. The van der Waals surface area contributed by atoms with E-state index in [1.54, 1.807) is 0 Å². The van der Waals surface area contributed by atoms with Gasteiger partial charge in [0, 0.05) is 17.7 Å². The van der Waals surface area contributed by atoms with Crippen molar-refractivity contribution < 1.29 is 64.9 Å². The molecule has 188 valence electrons. The van der Waals surface area contributed by atoms with Gasteiger partial charge in [-0.05, 0) is 12.1 Å². The van der Waals surface area contributed by atoms with Gasteiger partial charge in [0.15, 0.2) is 28.4 Å². The molecular weight excluding hydrogens is 476 g/mol. The molecule has 1 fully saturated rings. The Bertz CT molecular complexity index is 1290. The van der Waals surface area contributed by atoms with E-state index in [1.165, 1.54) is 0 Å². The van der Waals surface area contributed by atoms with E-state index in [4.69, 9.17) is 18.9 Å². The summed E-state index contributed by atoms with van der Waals surface area (Å²) in [6.45, 7) is -0.733. The van der Waals surface area contributed by atoms with Gasteiger partial charge in [-0.2, -0.15) is 4.89 Å². The van der Waals surface area contributed by atoms with Crippen LogP contribution < -0.4 is 10.3 Å². The van der Waals surface area contributed by atoms with Crippen molar-refractivity contribution in [1.29, 1.82) is 0 Å². The van der Waals surface area contributed by atoms with Gasteiger partial charge < -0.3 is 60.0 Å². The molecule has 1 aliphatic rings. The number of benzene rings is 2. The van der Waals surface area contributed by atoms with Crippen molar-refractivity contribution in [2.45, 2.75) is 30.7 Å². The van der Waals surface area contributed by atoms with Crippen molar-refractivity contribution in [3.8, 4) is 45.8 Å². The standard InChI is InChI=1S/C21H20O14/c22-5-13-17(28)19(30)20(31)21(33-13)35-34-12-4-11-14(18(29)16(12)27)7(23)3-10(32-11)6-1-8(24)15(26)9(25)2-6/h1-4,13,17,19-22,24-31H,5H2/t13-,17-,19+,20-,21+/m1/s1. The molecule has 0 saturated carbocycles. The Labute approximate surface area is 194 Å². The number of hydrogen-bond donors (Lipinski definition) is 9. The van der Waals surface area contributed by atoms with Gasteiger partial charge >= 0.3 is 0 Å². The summed E-state index contributed by atoms with van der Waals surface area (Å²) in [6, 6.07) is 3.83. The van der Waals surface area contributed by atoms with Crippen LogP contribution in [0.25, 0.3) is 22.3 Å². The molecule has 2 heterocycles. The molecule has 0 unspecified atom stereocenters. The Hall–Kier alpha value is -3.79. The smallest absolute Gasteiger partial charge is 0.232 e. The highest BCUT2D eigenvalue weighted by molar-refractivity contribution is 5.89. The van der Waals surface area contributed by atoms with E-state index in [1.807, 2.05) is 0 Å². The summed E-state index contributed by atoms with van der Waals surface area (Å²) in [7, 11) is 0. The van der Waals surface area contributed by atoms with Crippen LogP contribution in [0.15, 0.2) is 33.5 Å². The number of aliphatic hydroxyl groups is 4. The van der Waals surface area contributed by atoms with Crippen LogP contribution in [-0.4, -0.2) is 83.3 Å². The lowest BCUT2D eigenvalue weighted by Crippen LogP contribution is -2.59. The summed E-state index contributed by atoms with van der Waals surface area (Å²) in [5, 5.41) is 87.9. The fourth-order valence-corrected chi connectivity index (χ4v) is 3.47. The molecule has 1 saturated heterocycles. The van der Waals surface area contributed by atoms with E-state index in [-0.39, 0.29) is 16.9 Å². The Balaban J connectivity index is 1.69. The number of rotatable bonds is 5. The molecule has 14 heteroatoms. The SMILES string of the molecule is O=c1cc(-c2cc(O)c(O)c(O)c2)oc2cc(OO[C@@H]3O[C@H](CO)[C@@H](O)[C@H](O)[C@H]3O)c(O)c(O)c12. The van der Waals surface area contributed by atoms with Crippen LogP contribution in [0.2, 0.25) is 0 Å². The number of phenols is 5. The first kappa shape index (κ1) is 24.3. The molecule has 0 spiro atoms. The zero-order valence-electron chi connectivity index (χ0n) is 17.5. The first-order valence-corrected chi connectivity index (χ1v) is 9.95. The van der Waals surface area contributed by atoms with Crippen molar-refractivity contribution in [2.75, 3.05) is 6.61 Å². The predicted molar refractivity (Wildman–Crippen MR) is 112 cm³/mol. The van der Waals surface area contributed by atoms with Crippen LogP contribution in [0, 0.1) is 0 Å².